The van der Waals surface area contributed by atoms with Crippen molar-refractivity contribution in [2.24, 2.45) is 23.5 Å². The molecule has 2 heterocycles. The molecule has 3 rings (SSSR count). The average molecular weight is 438 g/mol. The van der Waals surface area contributed by atoms with Gasteiger partial charge in [0.2, 0.25) is 15.9 Å². The second kappa shape index (κ2) is 9.89. The quantitative estimate of drug-likeness (QED) is 0.634. The molecule has 0 bridgehead atoms. The van der Waals surface area contributed by atoms with Crippen molar-refractivity contribution in [3.05, 3.63) is 30.3 Å². The van der Waals surface area contributed by atoms with Gasteiger partial charge in [0.1, 0.15) is 0 Å². The second-order valence-corrected chi connectivity index (χ2v) is 10.3. The molecule has 8 nitrogen and oxygen atoms in total. The third kappa shape index (κ3) is 5.59. The van der Waals surface area contributed by atoms with Gasteiger partial charge in [-0.1, -0.05) is 18.2 Å². The molecule has 1 aromatic rings. The Morgan fingerprint density at radius 3 is 2.30 bits per heavy atom. The van der Waals surface area contributed by atoms with E-state index in [-0.39, 0.29) is 35.0 Å². The van der Waals surface area contributed by atoms with Crippen LogP contribution in [0.5, 0.6) is 0 Å². The molecule has 0 radical (unpaired) electrons. The number of primary amides is 1. The van der Waals surface area contributed by atoms with E-state index in [9.17, 15) is 23.1 Å². The Morgan fingerprint density at radius 1 is 1.03 bits per heavy atom. The first-order chi connectivity index (χ1) is 14.3. The van der Waals surface area contributed by atoms with Gasteiger partial charge in [-0.15, -0.1) is 0 Å². The second-order valence-electron chi connectivity index (χ2n) is 8.39. The number of piperidine rings is 2. The molecule has 30 heavy (non-hydrogen) atoms. The summed E-state index contributed by atoms with van der Waals surface area (Å²) >= 11 is 0. The fourth-order valence-corrected chi connectivity index (χ4v) is 6.15. The van der Waals surface area contributed by atoms with Crippen LogP contribution in [-0.2, 0) is 19.6 Å². The number of nitrogens with zero attached hydrogens (tertiary/aromatic N) is 2. The van der Waals surface area contributed by atoms with Crippen molar-refractivity contribution in [1.29, 1.82) is 0 Å². The van der Waals surface area contributed by atoms with Crippen LogP contribution in [0.3, 0.4) is 0 Å². The number of hydrogen-bond acceptors (Lipinski definition) is 5. The van der Waals surface area contributed by atoms with Crippen molar-refractivity contribution in [1.82, 2.24) is 9.21 Å². The van der Waals surface area contributed by atoms with E-state index in [4.69, 9.17) is 5.73 Å². The number of sulfonamides is 1. The summed E-state index contributed by atoms with van der Waals surface area (Å²) < 4.78 is 27.6. The topological polar surface area (TPSA) is 121 Å². The van der Waals surface area contributed by atoms with Crippen LogP contribution in [0.25, 0.3) is 0 Å². The van der Waals surface area contributed by atoms with Crippen LogP contribution in [0, 0.1) is 17.8 Å². The fourth-order valence-electron chi connectivity index (χ4n) is 4.62. The SMILES string of the molecule is NC(=O)C1CCN(CCC2CN(S(=O)(=O)c3ccccc3)CCC2CC(=O)O)CC1. The molecule has 9 heteroatoms. The summed E-state index contributed by atoms with van der Waals surface area (Å²) in [6.45, 7) is 3.03. The minimum atomic E-state index is -3.59. The van der Waals surface area contributed by atoms with Crippen LogP contribution in [0.1, 0.15) is 32.1 Å². The maximum Gasteiger partial charge on any atom is 0.303 e. The number of carboxylic acid groups (broad SMARTS) is 1. The van der Waals surface area contributed by atoms with E-state index in [0.717, 1.165) is 38.9 Å². The van der Waals surface area contributed by atoms with Gasteiger partial charge in [-0.25, -0.2) is 8.42 Å². The molecule has 2 unspecified atom stereocenters. The molecule has 2 atom stereocenters. The normalized spacial score (nSPS) is 24.5. The first-order valence-corrected chi connectivity index (χ1v) is 12.0. The Balaban J connectivity index is 1.64. The molecule has 0 spiro atoms. The summed E-state index contributed by atoms with van der Waals surface area (Å²) in [4.78, 5) is 25.2. The van der Waals surface area contributed by atoms with Crippen molar-refractivity contribution in [3.63, 3.8) is 0 Å². The fraction of sp³-hybridized carbons (Fsp3) is 0.619. The number of aliphatic carboxylic acids is 1. The van der Waals surface area contributed by atoms with Gasteiger partial charge >= 0.3 is 5.97 Å². The molecule has 0 aliphatic carbocycles. The molecule has 3 N–H and O–H groups in total. The van der Waals surface area contributed by atoms with Crippen LogP contribution < -0.4 is 5.73 Å². The molecule has 0 aromatic heterocycles. The summed E-state index contributed by atoms with van der Waals surface area (Å²) in [7, 11) is -3.59. The van der Waals surface area contributed by atoms with Crippen LogP contribution in [-0.4, -0.2) is 67.3 Å². The van der Waals surface area contributed by atoms with Crippen LogP contribution in [0.4, 0.5) is 0 Å². The van der Waals surface area contributed by atoms with E-state index in [1.165, 1.54) is 4.31 Å². The highest BCUT2D eigenvalue weighted by Gasteiger charge is 2.36. The highest BCUT2D eigenvalue weighted by molar-refractivity contribution is 7.89. The van der Waals surface area contributed by atoms with Gasteiger partial charge in [0, 0.05) is 25.4 Å². The van der Waals surface area contributed by atoms with E-state index in [0.29, 0.717) is 19.5 Å². The molecule has 2 aliphatic rings. The van der Waals surface area contributed by atoms with Gasteiger partial charge in [0.15, 0.2) is 0 Å². The Hall–Kier alpha value is -1.97. The maximum atomic E-state index is 13.0. The lowest BCUT2D eigenvalue weighted by atomic mass is 9.81. The van der Waals surface area contributed by atoms with E-state index in [1.807, 2.05) is 0 Å². The maximum absolute atomic E-state index is 13.0. The molecular formula is C21H31N3O5S. The number of carbonyl (C=O) groups excluding carboxylic acids is 1. The summed E-state index contributed by atoms with van der Waals surface area (Å²) in [6, 6.07) is 8.38. The minimum Gasteiger partial charge on any atom is -0.481 e. The highest BCUT2D eigenvalue weighted by atomic mass is 32.2. The third-order valence-corrected chi connectivity index (χ3v) is 8.36. The van der Waals surface area contributed by atoms with E-state index in [2.05, 4.69) is 4.90 Å². The first kappa shape index (κ1) is 22.7. The largest absolute Gasteiger partial charge is 0.481 e. The predicted molar refractivity (Wildman–Crippen MR) is 112 cm³/mol. The van der Waals surface area contributed by atoms with Gasteiger partial charge in [-0.3, -0.25) is 9.59 Å². The summed E-state index contributed by atoms with van der Waals surface area (Å²) in [5.41, 5.74) is 5.40. The van der Waals surface area contributed by atoms with Gasteiger partial charge in [-0.05, 0) is 69.3 Å². The monoisotopic (exact) mass is 437 g/mol. The molecule has 2 saturated heterocycles. The van der Waals surface area contributed by atoms with Crippen molar-refractivity contribution in [3.8, 4) is 0 Å². The summed E-state index contributed by atoms with van der Waals surface area (Å²) in [6.07, 6.45) is 2.83. The molecule has 2 aliphatic heterocycles. The van der Waals surface area contributed by atoms with E-state index < -0.39 is 16.0 Å². The molecule has 0 saturated carbocycles. The van der Waals surface area contributed by atoms with Crippen molar-refractivity contribution < 1.29 is 23.1 Å². The van der Waals surface area contributed by atoms with Gasteiger partial charge in [0.25, 0.3) is 0 Å². The predicted octanol–water partition coefficient (Wildman–Crippen LogP) is 1.38. The molecular weight excluding hydrogens is 406 g/mol. The highest BCUT2D eigenvalue weighted by Crippen LogP contribution is 2.32. The van der Waals surface area contributed by atoms with Gasteiger partial charge in [0.05, 0.1) is 4.90 Å². The number of likely N-dealkylation sites (tertiary alicyclic amines) is 1. The number of hydrogen-bond donors (Lipinski definition) is 2. The van der Waals surface area contributed by atoms with Gasteiger partial charge < -0.3 is 15.7 Å². The lowest BCUT2D eigenvalue weighted by Crippen LogP contribution is -2.46. The van der Waals surface area contributed by atoms with Crippen molar-refractivity contribution in [2.75, 3.05) is 32.7 Å². The summed E-state index contributed by atoms with van der Waals surface area (Å²) in [5.74, 6) is -1.20. The average Bonchev–Trinajstić information content (AvgIpc) is 2.73. The Morgan fingerprint density at radius 2 is 1.70 bits per heavy atom. The Bertz CT molecular complexity index is 837. The zero-order chi connectivity index (χ0) is 21.7. The van der Waals surface area contributed by atoms with Crippen molar-refractivity contribution in [2.45, 2.75) is 37.0 Å². The van der Waals surface area contributed by atoms with E-state index >= 15 is 0 Å². The minimum absolute atomic E-state index is 0.0119. The van der Waals surface area contributed by atoms with Crippen molar-refractivity contribution >= 4 is 21.9 Å². The Kier molecular flexibility index (Phi) is 7.49. The number of carbonyl (C=O) groups is 2. The summed E-state index contributed by atoms with van der Waals surface area (Å²) in [5, 5.41) is 9.30. The zero-order valence-electron chi connectivity index (χ0n) is 17.2. The molecule has 1 amide bonds. The number of carboxylic acids is 1. The Labute approximate surface area is 178 Å². The van der Waals surface area contributed by atoms with Crippen LogP contribution >= 0.6 is 0 Å². The smallest absolute Gasteiger partial charge is 0.303 e. The van der Waals surface area contributed by atoms with Gasteiger partial charge in [-0.2, -0.15) is 4.31 Å². The molecule has 166 valence electrons. The number of amides is 1. The lowest BCUT2D eigenvalue weighted by Gasteiger charge is -2.39. The molecule has 2 fully saturated rings. The lowest BCUT2D eigenvalue weighted by molar-refractivity contribution is -0.139. The standard InChI is InChI=1S/C21H31N3O5S/c22-21(27)16-6-10-23(11-7-16)12-8-18-15-24(13-9-17(18)14-20(25)26)30(28,29)19-4-2-1-3-5-19/h1-5,16-18H,6-15H2,(H2,22,27)(H,25,26). The number of benzene rings is 1. The van der Waals surface area contributed by atoms with E-state index in [1.54, 1.807) is 30.3 Å². The van der Waals surface area contributed by atoms with Crippen LogP contribution in [0.2, 0.25) is 0 Å². The third-order valence-electron chi connectivity index (χ3n) is 6.48. The molecule has 1 aromatic carbocycles. The zero-order valence-corrected chi connectivity index (χ0v) is 18.0. The number of rotatable bonds is 8. The first-order valence-electron chi connectivity index (χ1n) is 10.6. The van der Waals surface area contributed by atoms with Crippen LogP contribution in [0.15, 0.2) is 35.2 Å². The number of nitrogens with two attached hydrogens (primary N) is 1.